The summed E-state index contributed by atoms with van der Waals surface area (Å²) in [6, 6.07) is 9.41. The van der Waals surface area contributed by atoms with Gasteiger partial charge in [0.25, 0.3) is 5.69 Å². The molecule has 0 amide bonds. The monoisotopic (exact) mass is 218 g/mol. The normalized spacial score (nSPS) is 10.3. The van der Waals surface area contributed by atoms with Crippen LogP contribution < -0.4 is 9.79 Å². The van der Waals surface area contributed by atoms with Crippen molar-refractivity contribution in [1.29, 1.82) is 0 Å². The van der Waals surface area contributed by atoms with Gasteiger partial charge in [-0.3, -0.25) is 4.79 Å². The molecule has 0 aliphatic rings. The maximum Gasteiger partial charge on any atom is 0.299 e. The first-order valence-corrected chi connectivity index (χ1v) is 4.80. The number of hydrogen-bond acceptors (Lipinski definition) is 4. The van der Waals surface area contributed by atoms with Gasteiger partial charge in [0, 0.05) is 12.5 Å². The molecule has 1 aromatic heterocycles. The Morgan fingerprint density at radius 3 is 2.75 bits per heavy atom. The smallest absolute Gasteiger partial charge is 0.299 e. The quantitative estimate of drug-likeness (QED) is 0.548. The number of benzene rings is 1. The van der Waals surface area contributed by atoms with Crippen molar-refractivity contribution in [2.75, 3.05) is 0 Å². The number of rotatable bonds is 3. The van der Waals surface area contributed by atoms with Gasteiger partial charge in [0.1, 0.15) is 0 Å². The van der Waals surface area contributed by atoms with Gasteiger partial charge in [-0.1, -0.05) is 35.0 Å². The molecule has 0 atom stereocenters. The fraction of sp³-hybridized carbons (Fsp3) is 0.182. The maximum absolute atomic E-state index is 11.2. The van der Waals surface area contributed by atoms with E-state index in [4.69, 9.17) is 0 Å². The lowest BCUT2D eigenvalue weighted by Gasteiger charge is -1.94. The predicted molar refractivity (Wildman–Crippen MR) is 51.7 cm³/mol. The van der Waals surface area contributed by atoms with Crippen LogP contribution in [-0.4, -0.2) is 11.1 Å². The van der Waals surface area contributed by atoms with E-state index in [0.717, 1.165) is 5.56 Å². The van der Waals surface area contributed by atoms with Crippen LogP contribution >= 0.6 is 0 Å². The first kappa shape index (κ1) is 10.4. The van der Waals surface area contributed by atoms with E-state index in [0.29, 0.717) is 6.54 Å². The zero-order chi connectivity index (χ0) is 11.5. The molecule has 0 aliphatic heterocycles. The molecule has 1 heterocycles. The third-order valence-corrected chi connectivity index (χ3v) is 2.18. The number of Topliss-reactive ketones (excluding diaryl/α,β-unsaturated/α-hetero) is 1. The summed E-state index contributed by atoms with van der Waals surface area (Å²) in [7, 11) is 0. The van der Waals surface area contributed by atoms with Crippen molar-refractivity contribution in [2.24, 2.45) is 0 Å². The lowest BCUT2D eigenvalue weighted by Crippen LogP contribution is -2.41. The molecule has 1 aromatic carbocycles. The van der Waals surface area contributed by atoms with Crippen LogP contribution in [0.25, 0.3) is 0 Å². The Morgan fingerprint density at radius 1 is 1.44 bits per heavy atom. The number of nitrogens with zero attached hydrogens (tertiary/aromatic N) is 2. The summed E-state index contributed by atoms with van der Waals surface area (Å²) in [6.07, 6.45) is 0. The van der Waals surface area contributed by atoms with Crippen molar-refractivity contribution in [3.63, 3.8) is 0 Å². The Hall–Kier alpha value is -2.17. The van der Waals surface area contributed by atoms with Gasteiger partial charge in [0.05, 0.1) is 5.27 Å². The number of carbonyl (C=O) groups is 1. The highest BCUT2D eigenvalue weighted by molar-refractivity contribution is 5.92. The zero-order valence-electron chi connectivity index (χ0n) is 8.71. The van der Waals surface area contributed by atoms with Crippen LogP contribution in [0.3, 0.4) is 0 Å². The summed E-state index contributed by atoms with van der Waals surface area (Å²) in [5, 5.41) is 14.7. The van der Waals surface area contributed by atoms with Crippen LogP contribution in [0.2, 0.25) is 0 Å². The van der Waals surface area contributed by atoms with Crippen LogP contribution in [-0.2, 0) is 6.54 Å². The largest absolute Gasteiger partial charge is 0.539 e. The van der Waals surface area contributed by atoms with Gasteiger partial charge in [0.15, 0.2) is 5.95 Å². The van der Waals surface area contributed by atoms with E-state index in [9.17, 15) is 9.90 Å². The molecule has 0 radical (unpaired) electrons. The molecule has 0 fully saturated rings. The Labute approximate surface area is 91.9 Å². The highest BCUT2D eigenvalue weighted by Crippen LogP contribution is 2.08. The molecular formula is C11H10N2O3. The summed E-state index contributed by atoms with van der Waals surface area (Å²) in [5.41, 5.74) is 0.923. The number of hydrogen-bond donors (Lipinski definition) is 0. The molecule has 16 heavy (non-hydrogen) atoms. The van der Waals surface area contributed by atoms with Crippen LogP contribution in [0.5, 0.6) is 5.95 Å². The van der Waals surface area contributed by atoms with E-state index in [-0.39, 0.29) is 11.5 Å². The third kappa shape index (κ3) is 1.93. The van der Waals surface area contributed by atoms with Gasteiger partial charge in [-0.05, 0) is 0 Å². The standard InChI is InChI=1S/C11H10N2O3/c1-8(14)10-11(15)16-12-13(10)7-9-5-3-2-4-6-9/h2-6H,7H2,1H3. The van der Waals surface area contributed by atoms with Crippen molar-refractivity contribution in [2.45, 2.75) is 13.5 Å². The van der Waals surface area contributed by atoms with Gasteiger partial charge in [0.2, 0.25) is 12.3 Å². The third-order valence-electron chi connectivity index (χ3n) is 2.18. The van der Waals surface area contributed by atoms with Crippen molar-refractivity contribution in [1.82, 2.24) is 5.27 Å². The molecule has 0 saturated heterocycles. The Bertz CT molecular complexity index is 505. The average Bonchev–Trinajstić information content (AvgIpc) is 2.61. The second-order valence-electron chi connectivity index (χ2n) is 3.41. The van der Waals surface area contributed by atoms with E-state index in [2.05, 4.69) is 9.79 Å². The van der Waals surface area contributed by atoms with E-state index >= 15 is 0 Å². The van der Waals surface area contributed by atoms with Crippen molar-refractivity contribution in [3.05, 3.63) is 41.6 Å². The fourth-order valence-corrected chi connectivity index (χ4v) is 1.47. The summed E-state index contributed by atoms with van der Waals surface area (Å²) < 4.78 is 5.74. The molecule has 5 nitrogen and oxygen atoms in total. The molecular weight excluding hydrogens is 208 g/mol. The molecule has 2 rings (SSSR count). The summed E-state index contributed by atoms with van der Waals surface area (Å²) in [5.74, 6) is -1.04. The van der Waals surface area contributed by atoms with Crippen LogP contribution in [0, 0.1) is 0 Å². The minimum absolute atomic E-state index is 0.0242. The average molecular weight is 218 g/mol. The molecule has 0 spiro atoms. The fourth-order valence-electron chi connectivity index (χ4n) is 1.47. The summed E-state index contributed by atoms with van der Waals surface area (Å²) >= 11 is 0. The van der Waals surface area contributed by atoms with Crippen molar-refractivity contribution in [3.8, 4) is 5.95 Å². The maximum atomic E-state index is 11.2. The minimum atomic E-state index is -0.691. The topological polar surface area (TPSA) is 70.0 Å². The highest BCUT2D eigenvalue weighted by Gasteiger charge is 2.21. The molecule has 2 aromatic rings. The molecule has 82 valence electrons. The van der Waals surface area contributed by atoms with E-state index in [1.807, 2.05) is 30.3 Å². The summed E-state index contributed by atoms with van der Waals surface area (Å²) in [4.78, 5) is 11.2. The van der Waals surface area contributed by atoms with Gasteiger partial charge in [-0.15, -0.1) is 0 Å². The molecule has 0 aliphatic carbocycles. The van der Waals surface area contributed by atoms with Crippen LogP contribution in [0.4, 0.5) is 0 Å². The Morgan fingerprint density at radius 2 is 2.12 bits per heavy atom. The predicted octanol–water partition coefficient (Wildman–Crippen LogP) is 0.287. The zero-order valence-corrected chi connectivity index (χ0v) is 8.71. The molecule has 0 bridgehead atoms. The van der Waals surface area contributed by atoms with Crippen molar-refractivity contribution >= 4 is 5.78 Å². The minimum Gasteiger partial charge on any atom is -0.539 e. The number of carbonyl (C=O) groups excluding carboxylic acids is 1. The van der Waals surface area contributed by atoms with Gasteiger partial charge in [-0.2, -0.15) is 0 Å². The SMILES string of the molecule is CC(=O)c1c([O-])on[n+]1Cc1ccccc1. The first-order valence-electron chi connectivity index (χ1n) is 4.80. The highest BCUT2D eigenvalue weighted by atomic mass is 16.6. The van der Waals surface area contributed by atoms with E-state index < -0.39 is 5.95 Å². The number of aromatic nitrogens is 2. The Kier molecular flexibility index (Phi) is 2.68. The van der Waals surface area contributed by atoms with Gasteiger partial charge >= 0.3 is 0 Å². The Balaban J connectivity index is 2.32. The van der Waals surface area contributed by atoms with Crippen LogP contribution in [0.1, 0.15) is 23.0 Å². The molecule has 0 N–H and O–H groups in total. The lowest BCUT2D eigenvalue weighted by atomic mass is 10.2. The first-order chi connectivity index (χ1) is 7.68. The molecule has 5 heteroatoms. The molecule has 0 unspecified atom stereocenters. The second kappa shape index (κ2) is 4.14. The van der Waals surface area contributed by atoms with E-state index in [1.54, 1.807) is 0 Å². The second-order valence-corrected chi connectivity index (χ2v) is 3.41. The van der Waals surface area contributed by atoms with Gasteiger partial charge < -0.3 is 9.63 Å². The summed E-state index contributed by atoms with van der Waals surface area (Å²) in [6.45, 7) is 1.66. The lowest BCUT2D eigenvalue weighted by molar-refractivity contribution is -0.756. The van der Waals surface area contributed by atoms with Gasteiger partial charge in [-0.25, -0.2) is 0 Å². The van der Waals surface area contributed by atoms with Crippen molar-refractivity contribution < 1.29 is 19.1 Å². The van der Waals surface area contributed by atoms with Crippen LogP contribution in [0.15, 0.2) is 34.9 Å². The number of ketones is 1. The van der Waals surface area contributed by atoms with E-state index in [1.165, 1.54) is 11.6 Å². The molecule has 0 saturated carbocycles.